The zero-order valence-corrected chi connectivity index (χ0v) is 42.2. The minimum absolute atomic E-state index is 0.00145. The van der Waals surface area contributed by atoms with Gasteiger partial charge in [0.25, 0.3) is 11.7 Å². The van der Waals surface area contributed by atoms with E-state index in [4.69, 9.17) is 23.7 Å². The lowest BCUT2D eigenvalue weighted by molar-refractivity contribution is -0.265. The molecule has 1 aromatic rings. The molecule has 1 amide bonds. The molecule has 14 atom stereocenters. The van der Waals surface area contributed by atoms with Crippen molar-refractivity contribution in [3.8, 4) is 0 Å². The third kappa shape index (κ3) is 14.2. The second kappa shape index (κ2) is 25.6. The molecule has 4 heterocycles. The normalized spacial score (nSPS) is 36.8. The van der Waals surface area contributed by atoms with Gasteiger partial charge in [0, 0.05) is 64.9 Å². The molecule has 1 aliphatic carbocycles. The first kappa shape index (κ1) is 54.7. The Balaban J connectivity index is 1.44. The number of amides is 1. The SMILES string of the molecule is CO[C@H]1C[C@@H]2CCC(C)C(O)(O2)C(=O)C(=O)N2CCCC[C@H]2C(=O)O[C@H]([C@H](C)C[C@@H]2CC[C@H](n3cnnn3)[C@H](OC)C2)CC(=O)[C@H](C)/C=C(\C)C[C@@H](OC)C(=O)[C@@H](C)C[C@H](C)/C=C/C=CC=C1C. The molecular formula is C52H79N5O11. The number of allylic oxidation sites excluding steroid dienone is 6. The maximum absolute atomic E-state index is 14.5. The number of methoxy groups -OCH3 is 3. The topological polar surface area (TPSA) is 199 Å². The van der Waals surface area contributed by atoms with Crippen molar-refractivity contribution in [3.63, 3.8) is 0 Å². The summed E-state index contributed by atoms with van der Waals surface area (Å²) in [5.74, 6) is -6.89. The molecule has 68 heavy (non-hydrogen) atoms. The average molecular weight is 950 g/mol. The fourth-order valence-electron chi connectivity index (χ4n) is 10.7. The molecule has 16 nitrogen and oxygen atoms in total. The number of piperidine rings is 1. The Hall–Kier alpha value is -4.22. The largest absolute Gasteiger partial charge is 0.460 e. The molecule has 0 aromatic carbocycles. The second-order valence-corrected chi connectivity index (χ2v) is 20.3. The van der Waals surface area contributed by atoms with Crippen LogP contribution in [-0.4, -0.2) is 130 Å². The van der Waals surface area contributed by atoms with Gasteiger partial charge in [0.05, 0.1) is 24.4 Å². The van der Waals surface area contributed by atoms with Crippen LogP contribution in [0.5, 0.6) is 0 Å². The summed E-state index contributed by atoms with van der Waals surface area (Å²) in [5, 5.41) is 23.7. The van der Waals surface area contributed by atoms with E-state index >= 15 is 0 Å². The summed E-state index contributed by atoms with van der Waals surface area (Å²) in [6.45, 7) is 13.4. The number of fused-ring (bicyclic) bond motifs is 3. The Kier molecular flexibility index (Phi) is 20.6. The van der Waals surface area contributed by atoms with Gasteiger partial charge >= 0.3 is 5.97 Å². The van der Waals surface area contributed by atoms with Gasteiger partial charge in [-0.05, 0) is 112 Å². The van der Waals surface area contributed by atoms with Gasteiger partial charge in [-0.15, -0.1) is 5.10 Å². The van der Waals surface area contributed by atoms with Crippen LogP contribution in [0.2, 0.25) is 0 Å². The lowest BCUT2D eigenvalue weighted by Crippen LogP contribution is -2.61. The maximum Gasteiger partial charge on any atom is 0.329 e. The van der Waals surface area contributed by atoms with Gasteiger partial charge in [-0.25, -0.2) is 9.48 Å². The summed E-state index contributed by atoms with van der Waals surface area (Å²) in [6, 6.07) is -1.13. The van der Waals surface area contributed by atoms with Crippen LogP contribution in [0.3, 0.4) is 0 Å². The monoisotopic (exact) mass is 950 g/mol. The van der Waals surface area contributed by atoms with E-state index in [1.807, 2.05) is 58.1 Å². The molecule has 3 fully saturated rings. The Morgan fingerprint density at radius 3 is 2.31 bits per heavy atom. The quantitative estimate of drug-likeness (QED) is 0.165. The fourth-order valence-corrected chi connectivity index (χ4v) is 10.7. The summed E-state index contributed by atoms with van der Waals surface area (Å²) in [5.41, 5.74) is 1.73. The summed E-state index contributed by atoms with van der Waals surface area (Å²) >= 11 is 0. The van der Waals surface area contributed by atoms with Gasteiger partial charge in [0.1, 0.15) is 30.4 Å². The highest BCUT2D eigenvalue weighted by Gasteiger charge is 2.53. The molecule has 0 spiro atoms. The molecule has 0 radical (unpaired) electrons. The summed E-state index contributed by atoms with van der Waals surface area (Å²) in [4.78, 5) is 72.2. The first-order valence-electron chi connectivity index (χ1n) is 24.9. The van der Waals surface area contributed by atoms with Gasteiger partial charge in [-0.1, -0.05) is 76.6 Å². The van der Waals surface area contributed by atoms with Crippen LogP contribution in [-0.2, 0) is 47.7 Å². The van der Waals surface area contributed by atoms with E-state index in [9.17, 15) is 29.1 Å². The van der Waals surface area contributed by atoms with Crippen molar-refractivity contribution >= 4 is 29.2 Å². The first-order chi connectivity index (χ1) is 32.4. The zero-order chi connectivity index (χ0) is 49.7. The first-order valence-corrected chi connectivity index (χ1v) is 24.9. The zero-order valence-electron chi connectivity index (χ0n) is 42.2. The molecular weight excluding hydrogens is 871 g/mol. The number of ketones is 3. The smallest absolute Gasteiger partial charge is 0.329 e. The number of tetrazole rings is 1. The number of carbonyl (C=O) groups excluding carboxylic acids is 5. The number of rotatable bonds is 7. The van der Waals surface area contributed by atoms with Crippen molar-refractivity contribution in [1.82, 2.24) is 25.1 Å². The number of aromatic nitrogens is 4. The Bertz CT molecular complexity index is 1980. The van der Waals surface area contributed by atoms with Crippen molar-refractivity contribution < 1.29 is 52.8 Å². The highest BCUT2D eigenvalue weighted by atomic mass is 16.6. The van der Waals surface area contributed by atoms with Crippen LogP contribution < -0.4 is 0 Å². The van der Waals surface area contributed by atoms with E-state index in [0.717, 1.165) is 24.0 Å². The summed E-state index contributed by atoms with van der Waals surface area (Å²) in [6.07, 6.45) is 17.1. The fraction of sp³-hybridized carbons (Fsp3) is 0.731. The van der Waals surface area contributed by atoms with Gasteiger partial charge < -0.3 is 33.7 Å². The third-order valence-electron chi connectivity index (χ3n) is 15.0. The maximum atomic E-state index is 14.5. The molecule has 2 bridgehead atoms. The number of nitrogens with zero attached hydrogens (tertiary/aromatic N) is 5. The molecule has 1 saturated carbocycles. The van der Waals surface area contributed by atoms with Gasteiger partial charge in [-0.2, -0.15) is 0 Å². The number of ether oxygens (including phenoxy) is 5. The van der Waals surface area contributed by atoms with Crippen molar-refractivity contribution in [2.24, 2.45) is 35.5 Å². The number of esters is 1. The van der Waals surface area contributed by atoms with E-state index < -0.39 is 65.7 Å². The van der Waals surface area contributed by atoms with Crippen LogP contribution in [0, 0.1) is 35.5 Å². The Morgan fingerprint density at radius 1 is 0.868 bits per heavy atom. The highest BCUT2D eigenvalue weighted by Crippen LogP contribution is 2.39. The molecule has 378 valence electrons. The molecule has 1 aromatic heterocycles. The Morgan fingerprint density at radius 2 is 1.62 bits per heavy atom. The van der Waals surface area contributed by atoms with Crippen molar-refractivity contribution in [1.29, 1.82) is 0 Å². The van der Waals surface area contributed by atoms with Gasteiger partial charge in [0.15, 0.2) is 5.78 Å². The number of hydrogen-bond acceptors (Lipinski definition) is 14. The minimum atomic E-state index is -2.41. The predicted octanol–water partition coefficient (Wildman–Crippen LogP) is 7.08. The van der Waals surface area contributed by atoms with Crippen LogP contribution in [0.4, 0.5) is 0 Å². The van der Waals surface area contributed by atoms with Crippen molar-refractivity contribution in [3.05, 3.63) is 53.9 Å². The molecule has 4 aliphatic rings. The molecule has 16 heteroatoms. The van der Waals surface area contributed by atoms with E-state index in [0.29, 0.717) is 57.8 Å². The molecule has 1 N–H and O–H groups in total. The lowest BCUT2D eigenvalue weighted by atomic mass is 9.77. The van der Waals surface area contributed by atoms with Crippen molar-refractivity contribution in [2.45, 2.75) is 180 Å². The van der Waals surface area contributed by atoms with Crippen LogP contribution in [0.25, 0.3) is 0 Å². The highest BCUT2D eigenvalue weighted by molar-refractivity contribution is 6.39. The molecule has 5 rings (SSSR count). The van der Waals surface area contributed by atoms with Gasteiger partial charge in [0.2, 0.25) is 5.79 Å². The number of aliphatic hydroxyl groups is 1. The van der Waals surface area contributed by atoms with E-state index in [2.05, 4.69) is 28.5 Å². The van der Waals surface area contributed by atoms with E-state index in [1.165, 1.54) is 12.0 Å². The molecule has 2 saturated heterocycles. The van der Waals surface area contributed by atoms with Crippen LogP contribution >= 0.6 is 0 Å². The molecule has 2 unspecified atom stereocenters. The number of carbonyl (C=O) groups is 5. The standard InChI is InChI=1S/C52H79N5O11/c1-32-16-12-11-13-17-34(3)44(64-8)29-40-21-19-38(7)52(63,68-40)49(60)50(61)56-23-15-14-18-42(56)51(62)67-45(30-43(58)35(4)25-33(2)26-47(66-10)48(59)37(6)24-32)36(5)27-39-20-22-41(46(28-39)65-9)57-31-53-54-55-57/h11-13,16-17,25,31-32,35-42,44-47,63H,14-15,18-24,26-30H2,1-10H3/b13-11?,16-12+,33-25+,34-17?/t32-,35-,36-,37+,38?,39+,40+,41+,42+,44+,45+,46-,47-,52?/m1/s1. The Labute approximate surface area is 403 Å². The summed E-state index contributed by atoms with van der Waals surface area (Å²) < 4.78 is 31.8. The minimum Gasteiger partial charge on any atom is -0.460 e. The number of cyclic esters (lactones) is 1. The van der Waals surface area contributed by atoms with E-state index in [-0.39, 0.29) is 66.8 Å². The van der Waals surface area contributed by atoms with Crippen LogP contribution in [0.1, 0.15) is 138 Å². The predicted molar refractivity (Wildman–Crippen MR) is 255 cm³/mol. The second-order valence-electron chi connectivity index (χ2n) is 20.3. The van der Waals surface area contributed by atoms with Crippen molar-refractivity contribution in [2.75, 3.05) is 27.9 Å². The third-order valence-corrected chi connectivity index (χ3v) is 15.0. The van der Waals surface area contributed by atoms with E-state index in [1.54, 1.807) is 39.1 Å². The number of Topliss-reactive ketones (excluding diaryl/α,β-unsaturated/α-hetero) is 3. The summed E-state index contributed by atoms with van der Waals surface area (Å²) in [7, 11) is 4.80. The van der Waals surface area contributed by atoms with Crippen LogP contribution in [0.15, 0.2) is 53.9 Å². The average Bonchev–Trinajstić information content (AvgIpc) is 3.87. The molecule has 3 aliphatic heterocycles. The number of hydrogen-bond donors (Lipinski definition) is 1. The lowest BCUT2D eigenvalue weighted by Gasteiger charge is -2.42. The van der Waals surface area contributed by atoms with Gasteiger partial charge in [-0.3, -0.25) is 19.2 Å².